The van der Waals surface area contributed by atoms with Crippen LogP contribution in [0.15, 0.2) is 22.6 Å². The van der Waals surface area contributed by atoms with Crippen LogP contribution in [0.2, 0.25) is 0 Å². The van der Waals surface area contributed by atoms with Crippen molar-refractivity contribution in [3.8, 4) is 0 Å². The quantitative estimate of drug-likeness (QED) is 0.790. The van der Waals surface area contributed by atoms with Crippen LogP contribution in [0.3, 0.4) is 0 Å². The minimum atomic E-state index is 0.420. The molecule has 1 heterocycles. The van der Waals surface area contributed by atoms with Gasteiger partial charge < -0.3 is 14.1 Å². The number of benzene rings is 1. The zero-order valence-electron chi connectivity index (χ0n) is 7.87. The number of fused-ring (bicyclic) bond motifs is 1. The molecule has 74 valence electrons. The SMILES string of the molecule is COCCc1ccc2oc(=S)[nH]c2c1. The predicted molar refractivity (Wildman–Crippen MR) is 57.0 cm³/mol. The summed E-state index contributed by atoms with van der Waals surface area (Å²) in [6.45, 7) is 0.726. The molecule has 0 bridgehead atoms. The molecule has 0 spiro atoms. The van der Waals surface area contributed by atoms with Crippen LogP contribution in [-0.2, 0) is 11.2 Å². The Labute approximate surface area is 86.7 Å². The number of hydrogen-bond acceptors (Lipinski definition) is 3. The first kappa shape index (κ1) is 9.43. The minimum absolute atomic E-state index is 0.420. The number of oxazole rings is 1. The van der Waals surface area contributed by atoms with Crippen molar-refractivity contribution in [2.45, 2.75) is 6.42 Å². The van der Waals surface area contributed by atoms with Gasteiger partial charge in [-0.3, -0.25) is 0 Å². The molecular formula is C10H11NO2S. The molecule has 0 saturated carbocycles. The fourth-order valence-electron chi connectivity index (χ4n) is 1.37. The number of aromatic amines is 1. The van der Waals surface area contributed by atoms with Crippen LogP contribution in [-0.4, -0.2) is 18.7 Å². The molecule has 1 N–H and O–H groups in total. The molecule has 0 atom stereocenters. The lowest BCUT2D eigenvalue weighted by Gasteiger charge is -1.98. The van der Waals surface area contributed by atoms with E-state index in [0.717, 1.165) is 24.1 Å². The summed E-state index contributed by atoms with van der Waals surface area (Å²) in [4.78, 5) is 3.40. The van der Waals surface area contributed by atoms with Crippen molar-refractivity contribution in [1.29, 1.82) is 0 Å². The van der Waals surface area contributed by atoms with Crippen molar-refractivity contribution in [1.82, 2.24) is 4.98 Å². The zero-order chi connectivity index (χ0) is 9.97. The van der Waals surface area contributed by atoms with Gasteiger partial charge in [-0.25, -0.2) is 0 Å². The summed E-state index contributed by atoms with van der Waals surface area (Å²) >= 11 is 4.90. The van der Waals surface area contributed by atoms with Crippen LogP contribution in [0.5, 0.6) is 0 Å². The molecule has 2 rings (SSSR count). The van der Waals surface area contributed by atoms with Crippen LogP contribution in [0.4, 0.5) is 0 Å². The molecule has 2 aromatic rings. The Morgan fingerprint density at radius 1 is 1.50 bits per heavy atom. The number of nitrogens with one attached hydrogen (secondary N) is 1. The maximum absolute atomic E-state index is 5.26. The predicted octanol–water partition coefficient (Wildman–Crippen LogP) is 2.68. The van der Waals surface area contributed by atoms with Crippen LogP contribution in [0, 0.1) is 4.84 Å². The third kappa shape index (κ3) is 1.86. The van der Waals surface area contributed by atoms with Gasteiger partial charge in [-0.05, 0) is 36.3 Å². The zero-order valence-corrected chi connectivity index (χ0v) is 8.69. The van der Waals surface area contributed by atoms with Crippen molar-refractivity contribution < 1.29 is 9.15 Å². The molecule has 0 aliphatic carbocycles. The molecular weight excluding hydrogens is 198 g/mol. The molecule has 0 unspecified atom stereocenters. The van der Waals surface area contributed by atoms with Crippen molar-refractivity contribution in [3.63, 3.8) is 0 Å². The highest BCUT2D eigenvalue weighted by Gasteiger charge is 2.00. The van der Waals surface area contributed by atoms with Gasteiger partial charge in [0.1, 0.15) is 0 Å². The molecule has 4 heteroatoms. The first-order valence-corrected chi connectivity index (χ1v) is 4.81. The van der Waals surface area contributed by atoms with Gasteiger partial charge in [-0.1, -0.05) is 6.07 Å². The molecule has 0 radical (unpaired) electrons. The van der Waals surface area contributed by atoms with Gasteiger partial charge in [-0.2, -0.15) is 0 Å². The Hall–Kier alpha value is -1.13. The second-order valence-corrected chi connectivity index (χ2v) is 3.46. The molecule has 1 aromatic heterocycles. The summed E-state index contributed by atoms with van der Waals surface area (Å²) in [6, 6.07) is 5.98. The van der Waals surface area contributed by atoms with Gasteiger partial charge in [0, 0.05) is 7.11 Å². The summed E-state index contributed by atoms with van der Waals surface area (Å²) in [6.07, 6.45) is 0.901. The maximum Gasteiger partial charge on any atom is 0.266 e. The van der Waals surface area contributed by atoms with Gasteiger partial charge in [0.25, 0.3) is 4.84 Å². The average Bonchev–Trinajstić information content (AvgIpc) is 2.54. The van der Waals surface area contributed by atoms with E-state index < -0.39 is 0 Å². The van der Waals surface area contributed by atoms with Crippen LogP contribution < -0.4 is 0 Å². The van der Waals surface area contributed by atoms with E-state index in [4.69, 9.17) is 21.4 Å². The largest absolute Gasteiger partial charge is 0.429 e. The van der Waals surface area contributed by atoms with E-state index in [2.05, 4.69) is 4.98 Å². The van der Waals surface area contributed by atoms with Gasteiger partial charge in [0.05, 0.1) is 12.1 Å². The summed E-state index contributed by atoms with van der Waals surface area (Å²) in [5.41, 5.74) is 2.96. The molecule has 3 nitrogen and oxygen atoms in total. The molecule has 0 fully saturated rings. The highest BCUT2D eigenvalue weighted by atomic mass is 32.1. The van der Waals surface area contributed by atoms with E-state index in [0.29, 0.717) is 4.84 Å². The Balaban J connectivity index is 2.35. The summed E-state index contributed by atoms with van der Waals surface area (Å²) in [7, 11) is 1.70. The van der Waals surface area contributed by atoms with Crippen molar-refractivity contribution in [2.24, 2.45) is 0 Å². The lowest BCUT2D eigenvalue weighted by molar-refractivity contribution is 0.202. The number of rotatable bonds is 3. The monoisotopic (exact) mass is 209 g/mol. The fourth-order valence-corrected chi connectivity index (χ4v) is 1.57. The van der Waals surface area contributed by atoms with E-state index in [1.807, 2.05) is 18.2 Å². The van der Waals surface area contributed by atoms with Crippen molar-refractivity contribution >= 4 is 23.3 Å². The maximum atomic E-state index is 5.26. The standard InChI is InChI=1S/C10H11NO2S/c1-12-5-4-7-2-3-9-8(6-7)11-10(14)13-9/h2-3,6H,4-5H2,1H3,(H,11,14). The number of aromatic nitrogens is 1. The van der Waals surface area contributed by atoms with Gasteiger partial charge in [-0.15, -0.1) is 0 Å². The Bertz CT molecular complexity index is 486. The summed E-state index contributed by atoms with van der Waals surface area (Å²) in [5.74, 6) is 0. The smallest absolute Gasteiger partial charge is 0.266 e. The van der Waals surface area contributed by atoms with E-state index >= 15 is 0 Å². The number of hydrogen-bond donors (Lipinski definition) is 1. The number of ether oxygens (including phenoxy) is 1. The molecule has 0 aliphatic heterocycles. The minimum Gasteiger partial charge on any atom is -0.429 e. The Morgan fingerprint density at radius 2 is 2.36 bits per heavy atom. The number of H-pyrrole nitrogens is 1. The van der Waals surface area contributed by atoms with E-state index in [-0.39, 0.29) is 0 Å². The molecule has 0 amide bonds. The molecule has 0 saturated heterocycles. The first-order valence-electron chi connectivity index (χ1n) is 4.40. The molecule has 14 heavy (non-hydrogen) atoms. The second-order valence-electron chi connectivity index (χ2n) is 3.09. The number of methoxy groups -OCH3 is 1. The van der Waals surface area contributed by atoms with E-state index in [1.54, 1.807) is 7.11 Å². The molecule has 1 aromatic carbocycles. The van der Waals surface area contributed by atoms with Crippen LogP contribution >= 0.6 is 12.2 Å². The second kappa shape index (κ2) is 3.94. The molecule has 0 aliphatic rings. The lowest BCUT2D eigenvalue weighted by atomic mass is 10.1. The van der Waals surface area contributed by atoms with Gasteiger partial charge in [0.15, 0.2) is 5.58 Å². The highest BCUT2D eigenvalue weighted by molar-refractivity contribution is 7.71. The summed E-state index contributed by atoms with van der Waals surface area (Å²) < 4.78 is 10.3. The van der Waals surface area contributed by atoms with Crippen LogP contribution in [0.1, 0.15) is 5.56 Å². The third-order valence-corrected chi connectivity index (χ3v) is 2.26. The first-order chi connectivity index (χ1) is 6.79. The summed E-state index contributed by atoms with van der Waals surface area (Å²) in [5, 5.41) is 0. The van der Waals surface area contributed by atoms with Crippen molar-refractivity contribution in [2.75, 3.05) is 13.7 Å². The van der Waals surface area contributed by atoms with Gasteiger partial charge in [0.2, 0.25) is 0 Å². The van der Waals surface area contributed by atoms with Crippen LogP contribution in [0.25, 0.3) is 11.1 Å². The lowest BCUT2D eigenvalue weighted by Crippen LogP contribution is -1.93. The normalized spacial score (nSPS) is 10.9. The van der Waals surface area contributed by atoms with Gasteiger partial charge >= 0.3 is 0 Å². The fraction of sp³-hybridized carbons (Fsp3) is 0.300. The average molecular weight is 209 g/mol. The third-order valence-electron chi connectivity index (χ3n) is 2.08. The topological polar surface area (TPSA) is 38.2 Å². The Kier molecular flexibility index (Phi) is 2.65. The van der Waals surface area contributed by atoms with E-state index in [9.17, 15) is 0 Å². The van der Waals surface area contributed by atoms with Crippen molar-refractivity contribution in [3.05, 3.63) is 28.6 Å². The van der Waals surface area contributed by atoms with E-state index in [1.165, 1.54) is 5.56 Å². The highest BCUT2D eigenvalue weighted by Crippen LogP contribution is 2.15. The Morgan fingerprint density at radius 3 is 3.14 bits per heavy atom.